The molecule has 3 rings (SSSR count). The van der Waals surface area contributed by atoms with Crippen molar-refractivity contribution in [2.45, 2.75) is 13.8 Å². The van der Waals surface area contributed by atoms with Gasteiger partial charge >= 0.3 is 0 Å². The minimum Gasteiger partial charge on any atom is -0.378 e. The molecule has 0 spiro atoms. The topological polar surface area (TPSA) is 137 Å². The summed E-state index contributed by atoms with van der Waals surface area (Å²) in [6.07, 6.45) is 0. The van der Waals surface area contributed by atoms with Crippen molar-refractivity contribution in [2.75, 3.05) is 5.73 Å². The fraction of sp³-hybridized carbons (Fsp3) is 0.143. The maximum Gasteiger partial charge on any atom is 0.293 e. The highest BCUT2D eigenvalue weighted by atomic mass is 79.9. The number of hydrogen-bond donors (Lipinski definition) is 2. The third-order valence-electron chi connectivity index (χ3n) is 3.39. The van der Waals surface area contributed by atoms with Crippen LogP contribution >= 0.6 is 15.9 Å². The molecule has 0 saturated heterocycles. The van der Waals surface area contributed by atoms with Crippen molar-refractivity contribution in [1.82, 2.24) is 30.7 Å². The van der Waals surface area contributed by atoms with E-state index >= 15 is 0 Å². The Labute approximate surface area is 150 Å². The number of rotatable bonds is 4. The summed E-state index contributed by atoms with van der Waals surface area (Å²) in [6, 6.07) is 7.55. The van der Waals surface area contributed by atoms with Gasteiger partial charge in [-0.2, -0.15) is 9.78 Å². The molecule has 0 atom stereocenters. The highest BCUT2D eigenvalue weighted by Gasteiger charge is 2.20. The second-order valence-corrected chi connectivity index (χ2v) is 5.97. The van der Waals surface area contributed by atoms with E-state index in [1.54, 1.807) is 13.8 Å². The summed E-state index contributed by atoms with van der Waals surface area (Å²) >= 11 is 3.37. The van der Waals surface area contributed by atoms with Gasteiger partial charge in [0.25, 0.3) is 5.91 Å². The number of nitrogens with two attached hydrogens (primary N) is 1. The number of anilines is 1. The summed E-state index contributed by atoms with van der Waals surface area (Å²) in [5, 5.41) is 18.9. The fourth-order valence-corrected chi connectivity index (χ4v) is 2.29. The number of carbonyl (C=O) groups is 1. The van der Waals surface area contributed by atoms with Gasteiger partial charge in [0.1, 0.15) is 0 Å². The minimum atomic E-state index is -0.504. The van der Waals surface area contributed by atoms with Crippen molar-refractivity contribution < 1.29 is 9.42 Å². The van der Waals surface area contributed by atoms with E-state index in [1.165, 1.54) is 4.68 Å². The molecule has 25 heavy (non-hydrogen) atoms. The van der Waals surface area contributed by atoms with Gasteiger partial charge in [-0.25, -0.2) is 10.1 Å². The lowest BCUT2D eigenvalue weighted by Crippen LogP contribution is -2.21. The summed E-state index contributed by atoms with van der Waals surface area (Å²) < 4.78 is 6.75. The van der Waals surface area contributed by atoms with Crippen LogP contribution in [0.2, 0.25) is 0 Å². The quantitative estimate of drug-likeness (QED) is 0.495. The van der Waals surface area contributed by atoms with E-state index in [1.807, 2.05) is 24.3 Å². The maximum atomic E-state index is 12.3. The summed E-state index contributed by atoms with van der Waals surface area (Å²) in [7, 11) is 0. The van der Waals surface area contributed by atoms with Gasteiger partial charge in [-0.05, 0) is 41.9 Å². The smallest absolute Gasteiger partial charge is 0.293 e. The largest absolute Gasteiger partial charge is 0.378 e. The number of carbonyl (C=O) groups excluding carboxylic acids is 1. The van der Waals surface area contributed by atoms with Crippen LogP contribution in [0.1, 0.15) is 28.7 Å². The van der Waals surface area contributed by atoms with Gasteiger partial charge in [-0.15, -0.1) is 5.10 Å². The van der Waals surface area contributed by atoms with Gasteiger partial charge in [-0.3, -0.25) is 4.79 Å². The van der Waals surface area contributed by atoms with E-state index in [4.69, 9.17) is 5.73 Å². The van der Waals surface area contributed by atoms with E-state index in [0.717, 1.165) is 10.0 Å². The highest BCUT2D eigenvalue weighted by molar-refractivity contribution is 9.10. The molecule has 11 heteroatoms. The van der Waals surface area contributed by atoms with Crippen LogP contribution in [0.25, 0.3) is 5.82 Å². The number of benzene rings is 1. The number of amides is 1. The van der Waals surface area contributed by atoms with Crippen LogP contribution in [0, 0.1) is 6.92 Å². The predicted molar refractivity (Wildman–Crippen MR) is 92.2 cm³/mol. The number of halogens is 1. The van der Waals surface area contributed by atoms with E-state index < -0.39 is 5.91 Å². The molecule has 0 aliphatic rings. The van der Waals surface area contributed by atoms with Gasteiger partial charge in [0, 0.05) is 4.47 Å². The second-order valence-electron chi connectivity index (χ2n) is 5.05. The monoisotopic (exact) mass is 404 g/mol. The molecule has 0 fully saturated rings. The Hall–Kier alpha value is -3.08. The normalized spacial score (nSPS) is 11.6. The van der Waals surface area contributed by atoms with Crippen LogP contribution in [-0.4, -0.2) is 36.9 Å². The number of hydrazone groups is 1. The average Bonchev–Trinajstić information content (AvgIpc) is 3.18. The summed E-state index contributed by atoms with van der Waals surface area (Å²) in [6.45, 7) is 3.43. The molecule has 0 saturated carbocycles. The van der Waals surface area contributed by atoms with E-state index in [0.29, 0.717) is 11.4 Å². The molecule has 1 aromatic carbocycles. The van der Waals surface area contributed by atoms with E-state index in [2.05, 4.69) is 51.7 Å². The summed E-state index contributed by atoms with van der Waals surface area (Å²) in [4.78, 5) is 12.3. The first kappa shape index (κ1) is 16.8. The Balaban J connectivity index is 1.78. The first-order valence-corrected chi connectivity index (χ1v) is 7.88. The van der Waals surface area contributed by atoms with Crippen LogP contribution in [-0.2, 0) is 0 Å². The summed E-state index contributed by atoms with van der Waals surface area (Å²) in [5.74, 6) is -0.294. The van der Waals surface area contributed by atoms with Gasteiger partial charge in [0.15, 0.2) is 5.69 Å². The van der Waals surface area contributed by atoms with Crippen LogP contribution in [0.3, 0.4) is 0 Å². The third kappa shape index (κ3) is 3.40. The molecule has 3 aromatic rings. The third-order valence-corrected chi connectivity index (χ3v) is 3.92. The highest BCUT2D eigenvalue weighted by Crippen LogP contribution is 2.14. The van der Waals surface area contributed by atoms with Gasteiger partial charge in [-0.1, -0.05) is 33.3 Å². The molecule has 0 radical (unpaired) electrons. The molecule has 2 aromatic heterocycles. The SMILES string of the molecule is CC(=NNC(=O)c1nnn(-c2nonc2N)c1C)c1ccc(Br)cc1. The zero-order valence-corrected chi connectivity index (χ0v) is 14.9. The number of nitrogens with zero attached hydrogens (tertiary/aromatic N) is 6. The fourth-order valence-electron chi connectivity index (χ4n) is 2.02. The Morgan fingerprint density at radius 2 is 2.04 bits per heavy atom. The first-order chi connectivity index (χ1) is 12.0. The standard InChI is InChI=1S/C14H13BrN8O2/c1-7(9-3-5-10(15)6-4-9)17-19-14(24)11-8(2)23(22-18-11)13-12(16)20-25-21-13/h3-6H,1-2H3,(H2,16,20)(H,19,24). The second kappa shape index (κ2) is 6.81. The van der Waals surface area contributed by atoms with Crippen molar-refractivity contribution >= 4 is 33.4 Å². The molecule has 1 amide bonds. The van der Waals surface area contributed by atoms with Gasteiger partial charge < -0.3 is 5.73 Å². The molecule has 2 heterocycles. The molecule has 3 N–H and O–H groups in total. The number of hydrogen-bond acceptors (Lipinski definition) is 8. The van der Waals surface area contributed by atoms with Crippen molar-refractivity contribution in [3.63, 3.8) is 0 Å². The van der Waals surface area contributed by atoms with Crippen LogP contribution in [0.15, 0.2) is 38.5 Å². The molecule has 0 aliphatic carbocycles. The zero-order chi connectivity index (χ0) is 18.0. The lowest BCUT2D eigenvalue weighted by molar-refractivity contribution is 0.0949. The molecular formula is C14H13BrN8O2. The van der Waals surface area contributed by atoms with Crippen molar-refractivity contribution in [3.05, 3.63) is 45.7 Å². The Morgan fingerprint density at radius 1 is 1.32 bits per heavy atom. The molecule has 0 bridgehead atoms. The van der Waals surface area contributed by atoms with E-state index in [-0.39, 0.29) is 17.3 Å². The molecular weight excluding hydrogens is 392 g/mol. The minimum absolute atomic E-state index is 0.0454. The Morgan fingerprint density at radius 3 is 2.68 bits per heavy atom. The Kier molecular flexibility index (Phi) is 4.57. The number of aromatic nitrogens is 5. The molecule has 0 unspecified atom stereocenters. The van der Waals surface area contributed by atoms with E-state index in [9.17, 15) is 4.79 Å². The van der Waals surface area contributed by atoms with Crippen molar-refractivity contribution in [1.29, 1.82) is 0 Å². The first-order valence-electron chi connectivity index (χ1n) is 7.08. The number of nitrogens with one attached hydrogen (secondary N) is 1. The molecule has 0 aliphatic heterocycles. The van der Waals surface area contributed by atoms with Crippen LogP contribution in [0.5, 0.6) is 0 Å². The van der Waals surface area contributed by atoms with Gasteiger partial charge in [0.05, 0.1) is 11.4 Å². The lowest BCUT2D eigenvalue weighted by Gasteiger charge is -2.02. The lowest BCUT2D eigenvalue weighted by atomic mass is 10.1. The number of nitrogen functional groups attached to an aromatic ring is 1. The Bertz CT molecular complexity index is 944. The average molecular weight is 405 g/mol. The van der Waals surface area contributed by atoms with Crippen molar-refractivity contribution in [3.8, 4) is 5.82 Å². The maximum absolute atomic E-state index is 12.3. The molecule has 10 nitrogen and oxygen atoms in total. The zero-order valence-electron chi connectivity index (χ0n) is 13.3. The van der Waals surface area contributed by atoms with Gasteiger partial charge in [0.2, 0.25) is 11.6 Å². The predicted octanol–water partition coefficient (Wildman–Crippen LogP) is 1.46. The van der Waals surface area contributed by atoms with Crippen molar-refractivity contribution in [2.24, 2.45) is 5.10 Å². The van der Waals surface area contributed by atoms with Crippen LogP contribution in [0.4, 0.5) is 5.82 Å². The van der Waals surface area contributed by atoms with Crippen LogP contribution < -0.4 is 11.2 Å². The summed E-state index contributed by atoms with van der Waals surface area (Å²) in [5.41, 5.74) is 10.1. The molecule has 128 valence electrons.